The first-order valence-corrected chi connectivity index (χ1v) is 10.8. The molecule has 0 bridgehead atoms. The standard InChI is InChI=1S/C27H34O2/c1-5-8-20-12-14-23(17-25(20)28)27(4,22-11-7-10-19(3)16-22)24-15-13-21(9-6-2)26(29)18-24/h5-6,12-15,17-19,22,28-29H,1-2,7-11,16H2,3-4H3. The van der Waals surface area contributed by atoms with Gasteiger partial charge in [0.25, 0.3) is 0 Å². The van der Waals surface area contributed by atoms with Crippen LogP contribution in [0.4, 0.5) is 0 Å². The fourth-order valence-corrected chi connectivity index (χ4v) is 5.03. The lowest BCUT2D eigenvalue weighted by Crippen LogP contribution is -2.36. The minimum atomic E-state index is -0.275. The number of phenols is 2. The zero-order chi connectivity index (χ0) is 21.0. The van der Waals surface area contributed by atoms with Gasteiger partial charge in [-0.15, -0.1) is 13.2 Å². The van der Waals surface area contributed by atoms with E-state index in [9.17, 15) is 10.2 Å². The molecule has 2 heteroatoms. The van der Waals surface area contributed by atoms with Gasteiger partial charge in [0, 0.05) is 5.41 Å². The summed E-state index contributed by atoms with van der Waals surface area (Å²) in [6.45, 7) is 12.2. The van der Waals surface area contributed by atoms with Crippen LogP contribution in [0.15, 0.2) is 61.7 Å². The molecule has 2 unspecified atom stereocenters. The molecule has 0 aliphatic heterocycles. The third-order valence-electron chi connectivity index (χ3n) is 6.85. The zero-order valence-electron chi connectivity index (χ0n) is 17.8. The Morgan fingerprint density at radius 3 is 1.86 bits per heavy atom. The van der Waals surface area contributed by atoms with E-state index in [1.807, 2.05) is 36.4 Å². The van der Waals surface area contributed by atoms with Gasteiger partial charge in [-0.1, -0.05) is 63.1 Å². The SMILES string of the molecule is C=CCc1ccc(C(C)(c2ccc(CC=C)c(O)c2)C2CCCC(C)C2)cc1O. The molecule has 3 rings (SSSR count). The molecule has 0 saturated heterocycles. The molecule has 2 aromatic carbocycles. The lowest BCUT2D eigenvalue weighted by molar-refractivity contribution is 0.207. The number of aromatic hydroxyl groups is 2. The van der Waals surface area contributed by atoms with E-state index < -0.39 is 0 Å². The fourth-order valence-electron chi connectivity index (χ4n) is 5.03. The first-order valence-electron chi connectivity index (χ1n) is 10.8. The van der Waals surface area contributed by atoms with E-state index in [4.69, 9.17) is 0 Å². The van der Waals surface area contributed by atoms with E-state index in [0.717, 1.165) is 35.1 Å². The molecule has 154 valence electrons. The molecular formula is C27H34O2. The van der Waals surface area contributed by atoms with Crippen molar-refractivity contribution < 1.29 is 10.2 Å². The summed E-state index contributed by atoms with van der Waals surface area (Å²) in [7, 11) is 0. The van der Waals surface area contributed by atoms with E-state index in [-0.39, 0.29) is 5.41 Å². The van der Waals surface area contributed by atoms with Crippen LogP contribution in [-0.2, 0) is 18.3 Å². The largest absolute Gasteiger partial charge is 0.508 e. The number of hydrogen-bond donors (Lipinski definition) is 2. The molecular weight excluding hydrogens is 356 g/mol. The van der Waals surface area contributed by atoms with E-state index in [1.165, 1.54) is 12.8 Å². The predicted octanol–water partition coefficient (Wildman–Crippen LogP) is 6.69. The lowest BCUT2D eigenvalue weighted by atomic mass is 9.61. The number of hydrogen-bond acceptors (Lipinski definition) is 2. The summed E-state index contributed by atoms with van der Waals surface area (Å²) in [6, 6.07) is 12.2. The summed E-state index contributed by atoms with van der Waals surface area (Å²) >= 11 is 0. The number of rotatable bonds is 7. The van der Waals surface area contributed by atoms with E-state index in [0.29, 0.717) is 36.2 Å². The monoisotopic (exact) mass is 390 g/mol. The Bertz CT molecular complexity index is 821. The molecule has 0 heterocycles. The van der Waals surface area contributed by atoms with E-state index in [1.54, 1.807) is 0 Å². The summed E-state index contributed by atoms with van der Waals surface area (Å²) in [6.07, 6.45) is 9.75. The second-order valence-corrected chi connectivity index (χ2v) is 8.84. The Labute approximate surface area is 175 Å². The second-order valence-electron chi connectivity index (χ2n) is 8.84. The van der Waals surface area contributed by atoms with Crippen molar-refractivity contribution in [2.75, 3.05) is 0 Å². The Kier molecular flexibility index (Phi) is 6.52. The molecule has 0 amide bonds. The van der Waals surface area contributed by atoms with Crippen molar-refractivity contribution in [3.8, 4) is 11.5 Å². The van der Waals surface area contributed by atoms with Crippen LogP contribution >= 0.6 is 0 Å². The van der Waals surface area contributed by atoms with Gasteiger partial charge in [0.2, 0.25) is 0 Å². The molecule has 29 heavy (non-hydrogen) atoms. The van der Waals surface area contributed by atoms with Gasteiger partial charge < -0.3 is 10.2 Å². The first kappa shape index (κ1) is 21.2. The van der Waals surface area contributed by atoms with Gasteiger partial charge >= 0.3 is 0 Å². The normalized spacial score (nSPS) is 19.7. The summed E-state index contributed by atoms with van der Waals surface area (Å²) in [5, 5.41) is 21.3. The van der Waals surface area contributed by atoms with E-state index in [2.05, 4.69) is 39.1 Å². The molecule has 1 fully saturated rings. The summed E-state index contributed by atoms with van der Waals surface area (Å²) < 4.78 is 0. The highest BCUT2D eigenvalue weighted by Crippen LogP contribution is 2.48. The van der Waals surface area contributed by atoms with Gasteiger partial charge in [-0.05, 0) is 71.9 Å². The van der Waals surface area contributed by atoms with Crippen LogP contribution in [0.3, 0.4) is 0 Å². The molecule has 2 aromatic rings. The highest BCUT2D eigenvalue weighted by molar-refractivity contribution is 5.49. The third kappa shape index (κ3) is 4.27. The summed E-state index contributed by atoms with van der Waals surface area (Å²) in [4.78, 5) is 0. The Balaban J connectivity index is 2.12. The predicted molar refractivity (Wildman–Crippen MR) is 122 cm³/mol. The topological polar surface area (TPSA) is 40.5 Å². The van der Waals surface area contributed by atoms with Gasteiger partial charge in [-0.25, -0.2) is 0 Å². The Hall–Kier alpha value is -2.48. The quantitative estimate of drug-likeness (QED) is 0.517. The van der Waals surface area contributed by atoms with Crippen LogP contribution in [-0.4, -0.2) is 10.2 Å². The maximum Gasteiger partial charge on any atom is 0.119 e. The molecule has 0 spiro atoms. The molecule has 2 atom stereocenters. The number of benzene rings is 2. The zero-order valence-corrected chi connectivity index (χ0v) is 17.8. The summed E-state index contributed by atoms with van der Waals surface area (Å²) in [5.41, 5.74) is 3.73. The van der Waals surface area contributed by atoms with Crippen molar-refractivity contribution in [3.05, 3.63) is 84.0 Å². The number of phenolic OH excluding ortho intramolecular Hbond substituents is 2. The maximum absolute atomic E-state index is 10.6. The molecule has 1 aliphatic carbocycles. The fraction of sp³-hybridized carbons (Fsp3) is 0.407. The van der Waals surface area contributed by atoms with E-state index >= 15 is 0 Å². The molecule has 1 saturated carbocycles. The van der Waals surface area contributed by atoms with Gasteiger partial charge in [-0.2, -0.15) is 0 Å². The number of allylic oxidation sites excluding steroid dienone is 2. The smallest absolute Gasteiger partial charge is 0.119 e. The van der Waals surface area contributed by atoms with Crippen molar-refractivity contribution in [1.82, 2.24) is 0 Å². The average molecular weight is 391 g/mol. The van der Waals surface area contributed by atoms with Crippen LogP contribution < -0.4 is 0 Å². The van der Waals surface area contributed by atoms with Gasteiger partial charge in [0.05, 0.1) is 0 Å². The first-order chi connectivity index (χ1) is 13.9. The molecule has 0 radical (unpaired) electrons. The highest BCUT2D eigenvalue weighted by Gasteiger charge is 2.40. The molecule has 1 aliphatic rings. The third-order valence-corrected chi connectivity index (χ3v) is 6.85. The van der Waals surface area contributed by atoms with Crippen LogP contribution in [0.1, 0.15) is 61.8 Å². The van der Waals surface area contributed by atoms with Gasteiger partial charge in [-0.3, -0.25) is 0 Å². The van der Waals surface area contributed by atoms with Gasteiger partial charge in [0.15, 0.2) is 0 Å². The minimum Gasteiger partial charge on any atom is -0.508 e. The van der Waals surface area contributed by atoms with Crippen molar-refractivity contribution in [3.63, 3.8) is 0 Å². The van der Waals surface area contributed by atoms with Gasteiger partial charge in [0.1, 0.15) is 11.5 Å². The average Bonchev–Trinajstić information content (AvgIpc) is 2.70. The molecule has 2 N–H and O–H groups in total. The Morgan fingerprint density at radius 2 is 1.45 bits per heavy atom. The maximum atomic E-state index is 10.6. The lowest BCUT2D eigenvalue weighted by Gasteiger charge is -2.43. The second kappa shape index (κ2) is 8.90. The van der Waals surface area contributed by atoms with Crippen LogP contribution in [0, 0.1) is 11.8 Å². The molecule has 0 aromatic heterocycles. The van der Waals surface area contributed by atoms with Crippen LogP contribution in [0.2, 0.25) is 0 Å². The van der Waals surface area contributed by atoms with Crippen molar-refractivity contribution in [2.24, 2.45) is 11.8 Å². The Morgan fingerprint density at radius 1 is 0.931 bits per heavy atom. The minimum absolute atomic E-state index is 0.275. The van der Waals surface area contributed by atoms with Crippen LogP contribution in [0.25, 0.3) is 0 Å². The van der Waals surface area contributed by atoms with Crippen LogP contribution in [0.5, 0.6) is 11.5 Å². The van der Waals surface area contributed by atoms with Crippen molar-refractivity contribution in [2.45, 2.75) is 57.8 Å². The summed E-state index contributed by atoms with van der Waals surface area (Å²) in [5.74, 6) is 1.80. The van der Waals surface area contributed by atoms with Crippen molar-refractivity contribution >= 4 is 0 Å². The highest BCUT2D eigenvalue weighted by atomic mass is 16.3. The molecule has 2 nitrogen and oxygen atoms in total. The van der Waals surface area contributed by atoms with Crippen molar-refractivity contribution in [1.29, 1.82) is 0 Å².